The van der Waals surface area contributed by atoms with Crippen LogP contribution in [0.4, 0.5) is 0 Å². The molecule has 4 aromatic carbocycles. The zero-order valence-electron chi connectivity index (χ0n) is 25.9. The topological polar surface area (TPSA) is 269 Å². The standard InChI is InChI=1S/C36H18N8O8/c45-33(46)13-1-5-17-21(9-13)29-37-25(17)41-30-22-10-14(34(47)48)2-6-18(22)27(38-30)43-32-24-12-16(36(51)52)4-8-20(24)28(40-32)44-31-23-11-15(35(49)50)3-7-19(23)26(39-31)42-29/h1-12H,(H,45,46)(H,47,48)(H,49,50)(H,51,52)(H2,37,38,39,40,41,42,43,44)/p-4. The molecular formula is C36H14N8O8-4. The molecule has 2 aromatic heterocycles. The normalized spacial score (nSPS) is 11.7. The minimum absolute atomic E-state index is 0.00549. The first kappa shape index (κ1) is 30.2. The van der Waals surface area contributed by atoms with Crippen molar-refractivity contribution in [2.24, 2.45) is 0 Å². The summed E-state index contributed by atoms with van der Waals surface area (Å²) >= 11 is 0. The van der Waals surface area contributed by atoms with Crippen LogP contribution in [0, 0.1) is 0 Å². The molecule has 0 fully saturated rings. The van der Waals surface area contributed by atoms with Crippen LogP contribution in [0.3, 0.4) is 0 Å². The van der Waals surface area contributed by atoms with Gasteiger partial charge in [0.05, 0.1) is 23.9 Å². The summed E-state index contributed by atoms with van der Waals surface area (Å²) in [6.45, 7) is 0. The fourth-order valence-corrected chi connectivity index (χ4v) is 6.30. The number of aromatic amines is 2. The molecule has 2 N–H and O–H groups in total. The smallest absolute Gasteiger partial charge is 0.164 e. The Morgan fingerprint density at radius 1 is 0.404 bits per heavy atom. The lowest BCUT2D eigenvalue weighted by Crippen LogP contribution is -2.22. The largest absolute Gasteiger partial charge is 0.545 e. The van der Waals surface area contributed by atoms with Crippen LogP contribution < -0.4 is 20.4 Å². The van der Waals surface area contributed by atoms with Crippen molar-refractivity contribution in [3.8, 4) is 68.3 Å². The van der Waals surface area contributed by atoms with Gasteiger partial charge in [-0.15, -0.1) is 0 Å². The number of carboxylic acids is 4. The number of carbonyl (C=O) groups excluding carboxylic acids is 4. The molecule has 6 aromatic rings. The number of benzene rings is 4. The Hall–Kier alpha value is -7.88. The SMILES string of the molecule is O=C([O-])c1ccc2c(c1)-c1nc3nc(nc4[nH]c([nH]c5nc(nc-2n1)-c1cc(C(=O)[O-])ccc1-5)c1cc(C(=O)[O-])ccc41)-c1cc(C(=O)[O-])ccc1-3. The van der Waals surface area contributed by atoms with Crippen molar-refractivity contribution < 1.29 is 39.6 Å². The third-order valence-electron chi connectivity index (χ3n) is 8.77. The molecule has 250 valence electrons. The highest BCUT2D eigenvalue weighted by Gasteiger charge is 2.26. The van der Waals surface area contributed by atoms with Crippen LogP contribution in [0.25, 0.3) is 90.4 Å². The molecule has 5 heterocycles. The predicted molar refractivity (Wildman–Crippen MR) is 172 cm³/mol. The number of nitrogens with zero attached hydrogens (tertiary/aromatic N) is 6. The number of H-pyrrole nitrogens is 2. The van der Waals surface area contributed by atoms with Crippen LogP contribution >= 0.6 is 0 Å². The van der Waals surface area contributed by atoms with Crippen molar-refractivity contribution in [1.82, 2.24) is 39.9 Å². The molecule has 0 aliphatic carbocycles. The summed E-state index contributed by atoms with van der Waals surface area (Å²) in [6.07, 6.45) is 0. The quantitative estimate of drug-likeness (QED) is 0.251. The summed E-state index contributed by atoms with van der Waals surface area (Å²) < 4.78 is 0. The Morgan fingerprint density at radius 2 is 0.808 bits per heavy atom. The molecule has 9 rings (SSSR count). The molecule has 52 heavy (non-hydrogen) atoms. The Morgan fingerprint density at radius 3 is 1.33 bits per heavy atom. The minimum atomic E-state index is -1.45. The van der Waals surface area contributed by atoms with E-state index in [0.717, 1.165) is 0 Å². The fourth-order valence-electron chi connectivity index (χ4n) is 6.30. The van der Waals surface area contributed by atoms with E-state index in [-0.39, 0.29) is 79.6 Å². The number of hydrogen-bond donors (Lipinski definition) is 2. The molecule has 3 aliphatic heterocycles. The number of carboxylic acid groups (broad SMARTS) is 4. The Bertz CT molecular complexity index is 2890. The van der Waals surface area contributed by atoms with Gasteiger partial charge >= 0.3 is 0 Å². The molecule has 3 aliphatic rings. The van der Waals surface area contributed by atoms with E-state index in [2.05, 4.69) is 34.9 Å². The van der Waals surface area contributed by atoms with Gasteiger partial charge in [0.15, 0.2) is 29.1 Å². The molecule has 0 saturated carbocycles. The molecule has 0 radical (unpaired) electrons. The second-order valence-corrected chi connectivity index (χ2v) is 11.8. The van der Waals surface area contributed by atoms with Crippen molar-refractivity contribution in [1.29, 1.82) is 0 Å². The summed E-state index contributed by atoms with van der Waals surface area (Å²) in [7, 11) is 0. The predicted octanol–water partition coefficient (Wildman–Crippen LogP) is 0.226. The van der Waals surface area contributed by atoms with E-state index in [1.54, 1.807) is 0 Å². The first-order valence-electron chi connectivity index (χ1n) is 15.3. The summed E-state index contributed by atoms with van der Waals surface area (Å²) in [5, 5.41) is 48.2. The maximum absolute atomic E-state index is 11.9. The lowest BCUT2D eigenvalue weighted by Gasteiger charge is -2.06. The van der Waals surface area contributed by atoms with E-state index in [1.807, 2.05) is 0 Å². The number of carbonyl (C=O) groups is 4. The van der Waals surface area contributed by atoms with Crippen LogP contribution in [0.2, 0.25) is 0 Å². The zero-order valence-corrected chi connectivity index (χ0v) is 25.9. The third-order valence-corrected chi connectivity index (χ3v) is 8.77. The van der Waals surface area contributed by atoms with E-state index >= 15 is 0 Å². The molecule has 0 spiro atoms. The molecule has 8 bridgehead atoms. The van der Waals surface area contributed by atoms with Gasteiger partial charge in [-0.3, -0.25) is 0 Å². The molecule has 0 unspecified atom stereocenters. The van der Waals surface area contributed by atoms with E-state index in [1.165, 1.54) is 72.8 Å². The number of fused-ring (bicyclic) bond motifs is 20. The lowest BCUT2D eigenvalue weighted by molar-refractivity contribution is -0.256. The van der Waals surface area contributed by atoms with Crippen LogP contribution in [0.5, 0.6) is 0 Å². The summed E-state index contributed by atoms with van der Waals surface area (Å²) in [5.74, 6) is -5.37. The highest BCUT2D eigenvalue weighted by Crippen LogP contribution is 2.40. The number of hydrogen-bond acceptors (Lipinski definition) is 14. The lowest BCUT2D eigenvalue weighted by atomic mass is 10.0. The maximum Gasteiger partial charge on any atom is 0.164 e. The fraction of sp³-hybridized carbons (Fsp3) is 0. The van der Waals surface area contributed by atoms with Gasteiger partial charge in [-0.1, -0.05) is 24.3 Å². The Balaban J connectivity index is 1.45. The molecule has 0 atom stereocenters. The highest BCUT2D eigenvalue weighted by molar-refractivity contribution is 6.07. The van der Waals surface area contributed by atoms with Crippen molar-refractivity contribution in [2.45, 2.75) is 0 Å². The number of nitrogens with one attached hydrogen (secondary N) is 2. The number of aromatic nitrogens is 8. The Labute approximate surface area is 288 Å². The van der Waals surface area contributed by atoms with Gasteiger partial charge in [0.1, 0.15) is 17.1 Å². The Kier molecular flexibility index (Phi) is 6.28. The van der Waals surface area contributed by atoms with E-state index in [4.69, 9.17) is 4.98 Å². The van der Waals surface area contributed by atoms with Crippen LogP contribution in [0.1, 0.15) is 41.4 Å². The number of rotatable bonds is 4. The molecule has 16 heteroatoms. The van der Waals surface area contributed by atoms with Gasteiger partial charge in [0.2, 0.25) is 0 Å². The van der Waals surface area contributed by atoms with Crippen molar-refractivity contribution in [2.75, 3.05) is 0 Å². The highest BCUT2D eigenvalue weighted by atomic mass is 16.4. The second kappa shape index (κ2) is 10.8. The molecule has 0 amide bonds. The minimum Gasteiger partial charge on any atom is -0.545 e. The van der Waals surface area contributed by atoms with E-state index in [0.29, 0.717) is 33.0 Å². The van der Waals surface area contributed by atoms with Crippen LogP contribution in [-0.4, -0.2) is 63.7 Å². The first-order chi connectivity index (χ1) is 25.0. The van der Waals surface area contributed by atoms with Gasteiger partial charge < -0.3 is 49.6 Å². The van der Waals surface area contributed by atoms with Gasteiger partial charge in [0.25, 0.3) is 0 Å². The van der Waals surface area contributed by atoms with E-state index in [9.17, 15) is 39.6 Å². The van der Waals surface area contributed by atoms with Gasteiger partial charge in [-0.25, -0.2) is 29.9 Å². The third kappa shape index (κ3) is 4.62. The summed E-state index contributed by atoms with van der Waals surface area (Å²) in [4.78, 5) is 81.7. The van der Waals surface area contributed by atoms with Gasteiger partial charge in [-0.2, -0.15) is 0 Å². The average Bonchev–Trinajstić information content (AvgIpc) is 3.85. The van der Waals surface area contributed by atoms with Crippen molar-refractivity contribution in [3.63, 3.8) is 0 Å². The van der Waals surface area contributed by atoms with Gasteiger partial charge in [-0.05, 0) is 70.8 Å². The molecule has 16 nitrogen and oxygen atoms in total. The van der Waals surface area contributed by atoms with Crippen LogP contribution in [0.15, 0.2) is 72.8 Å². The molecule has 0 saturated heterocycles. The van der Waals surface area contributed by atoms with Crippen molar-refractivity contribution in [3.05, 3.63) is 95.1 Å². The average molecular weight is 687 g/mol. The molecular weight excluding hydrogens is 672 g/mol. The second-order valence-electron chi connectivity index (χ2n) is 11.8. The van der Waals surface area contributed by atoms with Crippen molar-refractivity contribution >= 4 is 45.9 Å². The van der Waals surface area contributed by atoms with E-state index < -0.39 is 23.9 Å². The van der Waals surface area contributed by atoms with Gasteiger partial charge in [0, 0.05) is 44.2 Å². The maximum atomic E-state index is 11.9. The monoisotopic (exact) mass is 686 g/mol. The first-order valence-corrected chi connectivity index (χ1v) is 15.3. The zero-order chi connectivity index (χ0) is 36.0. The number of aromatic carboxylic acids is 4. The summed E-state index contributed by atoms with van der Waals surface area (Å²) in [6, 6.07) is 16.6. The van der Waals surface area contributed by atoms with Crippen LogP contribution in [-0.2, 0) is 0 Å². The summed E-state index contributed by atoms with van der Waals surface area (Å²) in [5.41, 5.74) is 1.82.